The van der Waals surface area contributed by atoms with Crippen LogP contribution in [-0.4, -0.2) is 33.1 Å². The molecule has 0 unspecified atom stereocenters. The predicted molar refractivity (Wildman–Crippen MR) is 85.6 cm³/mol. The predicted octanol–water partition coefficient (Wildman–Crippen LogP) is 4.03. The molecule has 0 aliphatic carbocycles. The van der Waals surface area contributed by atoms with Crippen molar-refractivity contribution in [2.45, 2.75) is 51.7 Å². The molecule has 3 rings (SSSR count). The molecular formula is C17H23N3O2. The van der Waals surface area contributed by atoms with E-state index in [2.05, 4.69) is 9.97 Å². The van der Waals surface area contributed by atoms with Crippen molar-refractivity contribution in [3.8, 4) is 0 Å². The molecule has 1 amide bonds. The maximum Gasteiger partial charge on any atom is 0.410 e. The Hall–Kier alpha value is -2.04. The van der Waals surface area contributed by atoms with Crippen molar-refractivity contribution in [1.29, 1.82) is 0 Å². The number of H-pyrrole nitrogens is 1. The number of likely N-dealkylation sites (tertiary alicyclic amines) is 1. The number of hydrogen-bond donors (Lipinski definition) is 1. The van der Waals surface area contributed by atoms with Crippen LogP contribution in [0.3, 0.4) is 0 Å². The number of para-hydroxylation sites is 2. The van der Waals surface area contributed by atoms with E-state index in [0.29, 0.717) is 0 Å². The third-order valence-electron chi connectivity index (χ3n) is 3.85. The molecule has 0 saturated carbocycles. The summed E-state index contributed by atoms with van der Waals surface area (Å²) in [6.45, 7) is 6.40. The second-order valence-corrected chi connectivity index (χ2v) is 6.82. The summed E-state index contributed by atoms with van der Waals surface area (Å²) in [5.74, 6) is 0.853. The Kier molecular flexibility index (Phi) is 3.81. The molecule has 2 heterocycles. The van der Waals surface area contributed by atoms with Crippen LogP contribution in [0.5, 0.6) is 0 Å². The number of imidazole rings is 1. The second kappa shape index (κ2) is 5.63. The number of amides is 1. The maximum atomic E-state index is 12.5. The van der Waals surface area contributed by atoms with Gasteiger partial charge in [0.2, 0.25) is 0 Å². The van der Waals surface area contributed by atoms with E-state index < -0.39 is 5.60 Å². The number of rotatable bonds is 1. The number of aromatic nitrogens is 2. The highest BCUT2D eigenvalue weighted by Gasteiger charge is 2.33. The van der Waals surface area contributed by atoms with Crippen LogP contribution in [0.15, 0.2) is 24.3 Å². The van der Waals surface area contributed by atoms with E-state index >= 15 is 0 Å². The minimum Gasteiger partial charge on any atom is -0.444 e. The Morgan fingerprint density at radius 1 is 1.32 bits per heavy atom. The van der Waals surface area contributed by atoms with Gasteiger partial charge in [0.25, 0.3) is 0 Å². The molecule has 0 bridgehead atoms. The molecule has 1 N–H and O–H groups in total. The molecule has 1 atom stereocenters. The monoisotopic (exact) mass is 301 g/mol. The van der Waals surface area contributed by atoms with Gasteiger partial charge in [-0.05, 0) is 52.2 Å². The van der Waals surface area contributed by atoms with Gasteiger partial charge >= 0.3 is 6.09 Å². The van der Waals surface area contributed by atoms with Crippen molar-refractivity contribution >= 4 is 17.1 Å². The van der Waals surface area contributed by atoms with Gasteiger partial charge in [0.1, 0.15) is 11.4 Å². The number of carbonyl (C=O) groups excluding carboxylic acids is 1. The molecule has 0 radical (unpaired) electrons. The number of carbonyl (C=O) groups is 1. The normalized spacial score (nSPS) is 19.4. The fraction of sp³-hybridized carbons (Fsp3) is 0.529. The number of nitrogens with zero attached hydrogens (tertiary/aromatic N) is 2. The zero-order valence-electron chi connectivity index (χ0n) is 13.4. The van der Waals surface area contributed by atoms with Gasteiger partial charge in [-0.1, -0.05) is 12.1 Å². The summed E-state index contributed by atoms with van der Waals surface area (Å²) in [5.41, 5.74) is 1.46. The number of benzene rings is 1. The molecule has 1 saturated heterocycles. The van der Waals surface area contributed by atoms with Crippen molar-refractivity contribution in [2.24, 2.45) is 0 Å². The first-order valence-electron chi connectivity index (χ1n) is 7.88. The molecule has 1 aliphatic rings. The third kappa shape index (κ3) is 3.08. The van der Waals surface area contributed by atoms with Crippen molar-refractivity contribution in [2.75, 3.05) is 6.54 Å². The van der Waals surface area contributed by atoms with Crippen molar-refractivity contribution in [3.05, 3.63) is 30.1 Å². The highest BCUT2D eigenvalue weighted by Crippen LogP contribution is 2.31. The molecule has 0 spiro atoms. The minimum atomic E-state index is -0.479. The topological polar surface area (TPSA) is 58.2 Å². The van der Waals surface area contributed by atoms with Crippen LogP contribution in [0.1, 0.15) is 51.9 Å². The van der Waals surface area contributed by atoms with Crippen LogP contribution < -0.4 is 0 Å². The summed E-state index contributed by atoms with van der Waals surface area (Å²) >= 11 is 0. The summed E-state index contributed by atoms with van der Waals surface area (Å²) in [6, 6.07) is 7.91. The molecule has 1 aromatic carbocycles. The molecule has 1 fully saturated rings. The number of fused-ring (bicyclic) bond motifs is 1. The van der Waals surface area contributed by atoms with E-state index in [1.54, 1.807) is 0 Å². The van der Waals surface area contributed by atoms with Gasteiger partial charge in [-0.3, -0.25) is 4.90 Å². The van der Waals surface area contributed by atoms with E-state index in [-0.39, 0.29) is 12.1 Å². The van der Waals surface area contributed by atoms with Gasteiger partial charge in [-0.2, -0.15) is 0 Å². The molecule has 118 valence electrons. The van der Waals surface area contributed by atoms with Crippen LogP contribution in [0, 0.1) is 0 Å². The molecular weight excluding hydrogens is 278 g/mol. The first-order valence-corrected chi connectivity index (χ1v) is 7.88. The Balaban J connectivity index is 1.87. The third-order valence-corrected chi connectivity index (χ3v) is 3.85. The number of piperidine rings is 1. The highest BCUT2D eigenvalue weighted by atomic mass is 16.6. The first kappa shape index (κ1) is 14.9. The van der Waals surface area contributed by atoms with Gasteiger partial charge < -0.3 is 9.72 Å². The molecule has 22 heavy (non-hydrogen) atoms. The summed E-state index contributed by atoms with van der Waals surface area (Å²) in [7, 11) is 0. The largest absolute Gasteiger partial charge is 0.444 e. The molecule has 2 aromatic rings. The summed E-state index contributed by atoms with van der Waals surface area (Å²) in [5, 5.41) is 0. The Morgan fingerprint density at radius 3 is 2.82 bits per heavy atom. The summed E-state index contributed by atoms with van der Waals surface area (Å²) < 4.78 is 5.55. The fourth-order valence-electron chi connectivity index (χ4n) is 2.89. The average Bonchev–Trinajstić information content (AvgIpc) is 2.89. The van der Waals surface area contributed by atoms with E-state index in [1.807, 2.05) is 49.9 Å². The zero-order valence-corrected chi connectivity index (χ0v) is 13.4. The molecule has 5 nitrogen and oxygen atoms in total. The lowest BCUT2D eigenvalue weighted by molar-refractivity contribution is 0.00857. The Morgan fingerprint density at radius 2 is 2.09 bits per heavy atom. The van der Waals surface area contributed by atoms with E-state index in [9.17, 15) is 4.79 Å². The van der Waals surface area contributed by atoms with Crippen molar-refractivity contribution in [3.63, 3.8) is 0 Å². The summed E-state index contributed by atoms with van der Waals surface area (Å²) in [4.78, 5) is 22.3. The lowest BCUT2D eigenvalue weighted by Crippen LogP contribution is -2.42. The minimum absolute atomic E-state index is 0.0315. The van der Waals surface area contributed by atoms with E-state index in [4.69, 9.17) is 4.74 Å². The van der Waals surface area contributed by atoms with Crippen LogP contribution >= 0.6 is 0 Å². The average molecular weight is 301 g/mol. The SMILES string of the molecule is CC(C)(C)OC(=O)N1CCCC[C@H]1c1nc2ccccc2[nH]1. The van der Waals surface area contributed by atoms with Gasteiger partial charge in [0.05, 0.1) is 17.1 Å². The number of nitrogens with one attached hydrogen (secondary N) is 1. The van der Waals surface area contributed by atoms with Gasteiger partial charge in [-0.15, -0.1) is 0 Å². The van der Waals surface area contributed by atoms with Gasteiger partial charge in [-0.25, -0.2) is 9.78 Å². The molecule has 1 aromatic heterocycles. The summed E-state index contributed by atoms with van der Waals surface area (Å²) in [6.07, 6.45) is 2.77. The zero-order chi connectivity index (χ0) is 15.7. The number of ether oxygens (including phenoxy) is 1. The Labute approximate surface area is 130 Å². The smallest absolute Gasteiger partial charge is 0.410 e. The molecule has 5 heteroatoms. The Bertz CT molecular complexity index is 639. The van der Waals surface area contributed by atoms with Crippen LogP contribution in [-0.2, 0) is 4.74 Å². The fourth-order valence-corrected chi connectivity index (χ4v) is 2.89. The van der Waals surface area contributed by atoms with Crippen molar-refractivity contribution in [1.82, 2.24) is 14.9 Å². The number of hydrogen-bond acceptors (Lipinski definition) is 3. The van der Waals surface area contributed by atoms with Crippen LogP contribution in [0.2, 0.25) is 0 Å². The molecule has 1 aliphatic heterocycles. The van der Waals surface area contributed by atoms with Crippen LogP contribution in [0.4, 0.5) is 4.79 Å². The second-order valence-electron chi connectivity index (χ2n) is 6.82. The maximum absolute atomic E-state index is 12.5. The lowest BCUT2D eigenvalue weighted by Gasteiger charge is -2.35. The van der Waals surface area contributed by atoms with E-state index in [1.165, 1.54) is 0 Å². The van der Waals surface area contributed by atoms with Crippen LogP contribution in [0.25, 0.3) is 11.0 Å². The standard InChI is InChI=1S/C17H23N3O2/c1-17(2,3)22-16(21)20-11-7-6-10-14(20)15-18-12-8-4-5-9-13(12)19-15/h4-5,8-9,14H,6-7,10-11H2,1-3H3,(H,18,19)/t14-/m0/s1. The van der Waals surface area contributed by atoms with E-state index in [0.717, 1.165) is 42.7 Å². The highest BCUT2D eigenvalue weighted by molar-refractivity contribution is 5.75. The van der Waals surface area contributed by atoms with Gasteiger partial charge in [0, 0.05) is 6.54 Å². The first-order chi connectivity index (χ1) is 10.4. The quantitative estimate of drug-likeness (QED) is 0.865. The lowest BCUT2D eigenvalue weighted by atomic mass is 10.0. The number of aromatic amines is 1. The van der Waals surface area contributed by atoms with Gasteiger partial charge in [0.15, 0.2) is 0 Å². The van der Waals surface area contributed by atoms with Crippen molar-refractivity contribution < 1.29 is 9.53 Å².